The van der Waals surface area contributed by atoms with Gasteiger partial charge in [0.05, 0.1) is 11.7 Å². The normalized spacial score (nSPS) is 16.6. The van der Waals surface area contributed by atoms with Gasteiger partial charge in [0.2, 0.25) is 0 Å². The molecule has 0 amide bonds. The number of methoxy groups -OCH3 is 1. The predicted molar refractivity (Wildman–Crippen MR) is 80.6 cm³/mol. The van der Waals surface area contributed by atoms with Crippen molar-refractivity contribution in [3.05, 3.63) is 33.7 Å². The summed E-state index contributed by atoms with van der Waals surface area (Å²) in [6.45, 7) is 2.85. The lowest BCUT2D eigenvalue weighted by atomic mass is 10.0. The van der Waals surface area contributed by atoms with E-state index in [1.165, 1.54) is 10.8 Å². The number of hydrogen-bond donors (Lipinski definition) is 1. The largest absolute Gasteiger partial charge is 0.416 e. The van der Waals surface area contributed by atoms with Gasteiger partial charge in [0.1, 0.15) is 0 Å². The van der Waals surface area contributed by atoms with Crippen molar-refractivity contribution in [3.63, 3.8) is 0 Å². The molecule has 1 fully saturated rings. The van der Waals surface area contributed by atoms with Gasteiger partial charge in [-0.25, -0.2) is 0 Å². The first-order chi connectivity index (χ1) is 10.8. The topological polar surface area (TPSA) is 46.5 Å². The van der Waals surface area contributed by atoms with Crippen LogP contribution in [0.4, 0.5) is 13.2 Å². The summed E-state index contributed by atoms with van der Waals surface area (Å²) in [5.41, 5.74) is -1.29. The highest BCUT2D eigenvalue weighted by Gasteiger charge is 2.34. The lowest BCUT2D eigenvalue weighted by Crippen LogP contribution is -2.52. The molecule has 0 radical (unpaired) electrons. The van der Waals surface area contributed by atoms with Crippen LogP contribution in [0, 0.1) is 0 Å². The average Bonchev–Trinajstić information content (AvgIpc) is 2.44. The molecule has 130 valence electrons. The second-order valence-electron chi connectivity index (χ2n) is 5.71. The van der Waals surface area contributed by atoms with Gasteiger partial charge >= 0.3 is 6.18 Å². The fourth-order valence-electron chi connectivity index (χ4n) is 2.62. The molecule has 0 unspecified atom stereocenters. The molecule has 0 aromatic carbocycles. The third kappa shape index (κ3) is 4.55. The van der Waals surface area contributed by atoms with Crippen LogP contribution in [-0.2, 0) is 23.9 Å². The van der Waals surface area contributed by atoms with Gasteiger partial charge in [-0.05, 0) is 19.0 Å². The van der Waals surface area contributed by atoms with Crippen LogP contribution in [0.25, 0.3) is 0 Å². The molecular formula is C15H22F3N3O2. The molecule has 23 heavy (non-hydrogen) atoms. The van der Waals surface area contributed by atoms with Gasteiger partial charge in [0.15, 0.2) is 0 Å². The molecule has 0 spiro atoms. The average molecular weight is 333 g/mol. The molecule has 2 heterocycles. The predicted octanol–water partition coefficient (Wildman–Crippen LogP) is 0.960. The number of ether oxygens (including phenoxy) is 1. The van der Waals surface area contributed by atoms with Crippen LogP contribution in [0.5, 0.6) is 0 Å². The van der Waals surface area contributed by atoms with Gasteiger partial charge in [0.25, 0.3) is 5.56 Å². The minimum Gasteiger partial charge on any atom is -0.379 e. The Morgan fingerprint density at radius 3 is 2.61 bits per heavy atom. The van der Waals surface area contributed by atoms with Gasteiger partial charge in [-0.1, -0.05) is 0 Å². The van der Waals surface area contributed by atoms with Crippen molar-refractivity contribution in [3.8, 4) is 0 Å². The van der Waals surface area contributed by atoms with E-state index in [4.69, 9.17) is 4.74 Å². The fourth-order valence-corrected chi connectivity index (χ4v) is 2.62. The first kappa shape index (κ1) is 18.0. The highest BCUT2D eigenvalue weighted by Crippen LogP contribution is 2.31. The number of pyridine rings is 1. The summed E-state index contributed by atoms with van der Waals surface area (Å²) in [5, 5.41) is 2.88. The highest BCUT2D eigenvalue weighted by atomic mass is 19.4. The number of likely N-dealkylation sites (N-methyl/N-ethyl adjacent to an activating group) is 1. The van der Waals surface area contributed by atoms with E-state index >= 15 is 0 Å². The van der Waals surface area contributed by atoms with Crippen molar-refractivity contribution in [2.45, 2.75) is 25.2 Å². The van der Waals surface area contributed by atoms with Gasteiger partial charge in [-0.2, -0.15) is 13.2 Å². The van der Waals surface area contributed by atoms with Crippen molar-refractivity contribution in [2.24, 2.45) is 0 Å². The summed E-state index contributed by atoms with van der Waals surface area (Å²) >= 11 is 0. The molecule has 1 saturated heterocycles. The van der Waals surface area contributed by atoms with E-state index in [0.29, 0.717) is 25.7 Å². The molecule has 0 saturated carbocycles. The summed E-state index contributed by atoms with van der Waals surface area (Å²) in [7, 11) is 3.35. The molecule has 8 heteroatoms. The summed E-state index contributed by atoms with van der Waals surface area (Å²) in [4.78, 5) is 13.9. The van der Waals surface area contributed by atoms with Crippen LogP contribution >= 0.6 is 0 Å². The maximum Gasteiger partial charge on any atom is 0.416 e. The Morgan fingerprint density at radius 1 is 1.35 bits per heavy atom. The number of aromatic nitrogens is 1. The maximum atomic E-state index is 13.2. The SMILES string of the molecule is CNCCn1cc(CCN2CC(OC)C2)c(C(F)(F)F)cc1=O. The van der Waals surface area contributed by atoms with Crippen LogP contribution < -0.4 is 10.9 Å². The Kier molecular flexibility index (Phi) is 5.83. The van der Waals surface area contributed by atoms with Gasteiger partial charge < -0.3 is 14.6 Å². The van der Waals surface area contributed by atoms with Gasteiger partial charge in [0, 0.05) is 52.1 Å². The monoisotopic (exact) mass is 333 g/mol. The summed E-state index contributed by atoms with van der Waals surface area (Å²) < 4.78 is 45.9. The van der Waals surface area contributed by atoms with Crippen LogP contribution in [-0.4, -0.2) is 55.9 Å². The van der Waals surface area contributed by atoms with Crippen molar-refractivity contribution in [1.29, 1.82) is 0 Å². The van der Waals surface area contributed by atoms with Crippen molar-refractivity contribution in [1.82, 2.24) is 14.8 Å². The number of likely N-dealkylation sites (tertiary alicyclic amines) is 1. The van der Waals surface area contributed by atoms with Crippen molar-refractivity contribution < 1.29 is 17.9 Å². The third-order valence-electron chi connectivity index (χ3n) is 4.07. The number of alkyl halides is 3. The molecule has 2 rings (SSSR count). The molecular weight excluding hydrogens is 311 g/mol. The Hall–Kier alpha value is -1.38. The van der Waals surface area contributed by atoms with E-state index in [-0.39, 0.29) is 18.1 Å². The van der Waals surface area contributed by atoms with Gasteiger partial charge in [-0.15, -0.1) is 0 Å². The number of hydrogen-bond acceptors (Lipinski definition) is 4. The first-order valence-electron chi connectivity index (χ1n) is 7.55. The van der Waals surface area contributed by atoms with E-state index in [1.54, 1.807) is 14.2 Å². The lowest BCUT2D eigenvalue weighted by molar-refractivity contribution is -0.138. The van der Waals surface area contributed by atoms with Crippen molar-refractivity contribution in [2.75, 3.05) is 40.3 Å². The second-order valence-corrected chi connectivity index (χ2v) is 5.71. The van der Waals surface area contributed by atoms with E-state index in [0.717, 1.165) is 13.1 Å². The number of rotatable bonds is 7. The zero-order valence-corrected chi connectivity index (χ0v) is 13.3. The Labute approximate surface area is 133 Å². The van der Waals surface area contributed by atoms with E-state index < -0.39 is 17.3 Å². The lowest BCUT2D eigenvalue weighted by Gasteiger charge is -2.38. The summed E-state index contributed by atoms with van der Waals surface area (Å²) in [6.07, 6.45) is -2.75. The van der Waals surface area contributed by atoms with E-state index in [1.807, 2.05) is 4.90 Å². The molecule has 1 aromatic rings. The standard InChI is InChI=1S/C15H22F3N3O2/c1-19-4-6-21-8-11(3-5-20-9-12(10-20)23-2)13(7-14(21)22)15(16,17)18/h7-8,12,19H,3-6,9-10H2,1-2H3. The van der Waals surface area contributed by atoms with Gasteiger partial charge in [-0.3, -0.25) is 9.69 Å². The molecule has 0 aliphatic carbocycles. The Morgan fingerprint density at radius 2 is 2.04 bits per heavy atom. The number of nitrogens with one attached hydrogen (secondary N) is 1. The Balaban J connectivity index is 2.15. The molecule has 0 atom stereocenters. The highest BCUT2D eigenvalue weighted by molar-refractivity contribution is 5.27. The molecule has 1 aliphatic rings. The van der Waals surface area contributed by atoms with Crippen LogP contribution in [0.3, 0.4) is 0 Å². The first-order valence-corrected chi connectivity index (χ1v) is 7.55. The van der Waals surface area contributed by atoms with Crippen LogP contribution in [0.1, 0.15) is 11.1 Å². The number of halogens is 3. The number of nitrogens with zero attached hydrogens (tertiary/aromatic N) is 2. The minimum atomic E-state index is -4.51. The second kappa shape index (κ2) is 7.46. The van der Waals surface area contributed by atoms with Crippen LogP contribution in [0.2, 0.25) is 0 Å². The minimum absolute atomic E-state index is 0.161. The Bertz CT molecular complexity index is 580. The zero-order chi connectivity index (χ0) is 17.0. The van der Waals surface area contributed by atoms with E-state index in [9.17, 15) is 18.0 Å². The third-order valence-corrected chi connectivity index (χ3v) is 4.07. The summed E-state index contributed by atoms with van der Waals surface area (Å²) in [6, 6.07) is 0.707. The molecule has 1 N–H and O–H groups in total. The smallest absolute Gasteiger partial charge is 0.379 e. The van der Waals surface area contributed by atoms with Crippen molar-refractivity contribution >= 4 is 0 Å². The molecule has 1 aromatic heterocycles. The molecule has 1 aliphatic heterocycles. The maximum absolute atomic E-state index is 13.2. The molecule has 5 nitrogen and oxygen atoms in total. The fraction of sp³-hybridized carbons (Fsp3) is 0.667. The van der Waals surface area contributed by atoms with E-state index in [2.05, 4.69) is 5.32 Å². The molecule has 0 bridgehead atoms. The quantitative estimate of drug-likeness (QED) is 0.807. The summed E-state index contributed by atoms with van der Waals surface area (Å²) in [5.74, 6) is 0. The van der Waals surface area contributed by atoms with Crippen LogP contribution in [0.15, 0.2) is 17.1 Å². The zero-order valence-electron chi connectivity index (χ0n) is 13.3.